The summed E-state index contributed by atoms with van der Waals surface area (Å²) in [5.41, 5.74) is 0. The van der Waals surface area contributed by atoms with E-state index in [-0.39, 0.29) is 6.61 Å². The third kappa shape index (κ3) is 18.2. The maximum Gasteiger partial charge on any atom is 0.322 e. The van der Waals surface area contributed by atoms with E-state index in [1.54, 1.807) is 0 Å². The molecule has 0 bridgehead atoms. The van der Waals surface area contributed by atoms with Gasteiger partial charge in [0.1, 0.15) is 11.5 Å². The molecule has 0 fully saturated rings. The Hall–Kier alpha value is -1.78. The van der Waals surface area contributed by atoms with Crippen molar-refractivity contribution >= 4 is 19.9 Å². The fourth-order valence-electron chi connectivity index (χ4n) is 3.54. The van der Waals surface area contributed by atoms with E-state index in [1.165, 1.54) is 0 Å². The lowest BCUT2D eigenvalue weighted by molar-refractivity contribution is 0.303. The first-order valence-corrected chi connectivity index (χ1v) is 16.4. The number of hydrogen-bond donors (Lipinski definition) is 2. The molecule has 0 radical (unpaired) electrons. The van der Waals surface area contributed by atoms with Crippen LogP contribution in [0.15, 0.2) is 60.7 Å². The van der Waals surface area contributed by atoms with Crippen LogP contribution in [0.25, 0.3) is 0 Å². The second kappa shape index (κ2) is 21.2. The number of rotatable bonds is 24. The zero-order chi connectivity index (χ0) is 26.3. The average molecular weight is 553 g/mol. The molecule has 0 amide bonds. The molecule has 0 saturated carbocycles. The molecule has 0 saturated heterocycles. The highest BCUT2D eigenvalue weighted by molar-refractivity contribution is 8.70. The minimum absolute atomic E-state index is 0.168. The molecule has 7 nitrogen and oxygen atoms in total. The third-order valence-electron chi connectivity index (χ3n) is 5.53. The number of unbranched alkanes of at least 4 members (excludes halogenated alkanes) is 6. The summed E-state index contributed by atoms with van der Waals surface area (Å²) in [5, 5.41) is 6.54. The fourth-order valence-corrected chi connectivity index (χ4v) is 5.60. The van der Waals surface area contributed by atoms with E-state index in [2.05, 4.69) is 10.6 Å². The Kier molecular flexibility index (Phi) is 18.0. The van der Waals surface area contributed by atoms with Crippen molar-refractivity contribution in [2.24, 2.45) is 0 Å². The zero-order valence-electron chi connectivity index (χ0n) is 21.9. The minimum atomic E-state index is -3.53. The van der Waals surface area contributed by atoms with Crippen molar-refractivity contribution in [3.63, 3.8) is 0 Å². The first-order valence-electron chi connectivity index (χ1n) is 13.5. The van der Waals surface area contributed by atoms with E-state index < -0.39 is 9.15 Å². The molecule has 0 aliphatic rings. The van der Waals surface area contributed by atoms with Crippen LogP contribution in [-0.2, 0) is 13.3 Å². The van der Waals surface area contributed by atoms with E-state index in [0.717, 1.165) is 100.0 Å². The molecule has 2 aromatic carbocycles. The van der Waals surface area contributed by atoms with Crippen LogP contribution >= 0.6 is 10.8 Å². The third-order valence-corrected chi connectivity index (χ3v) is 8.30. The smallest absolute Gasteiger partial charge is 0.322 e. The molecule has 0 atom stereocenters. The summed E-state index contributed by atoms with van der Waals surface area (Å²) in [6.45, 7) is 4.59. The van der Waals surface area contributed by atoms with Gasteiger partial charge in [-0.05, 0) is 73.8 Å². The summed E-state index contributed by atoms with van der Waals surface area (Å²) in [7, 11) is -2.67. The van der Waals surface area contributed by atoms with Crippen LogP contribution in [0.1, 0.15) is 51.4 Å². The summed E-state index contributed by atoms with van der Waals surface area (Å²) < 4.78 is 40.4. The van der Waals surface area contributed by atoms with Crippen molar-refractivity contribution in [1.29, 1.82) is 0 Å². The summed E-state index contributed by atoms with van der Waals surface area (Å²) >= 11 is 0. The number of hydrogen-bond acceptors (Lipinski definition) is 8. The summed E-state index contributed by atoms with van der Waals surface area (Å²) in [5.74, 6) is 2.32. The van der Waals surface area contributed by atoms with Crippen molar-refractivity contribution in [1.82, 2.24) is 10.6 Å². The van der Waals surface area contributed by atoms with Crippen LogP contribution in [0, 0.1) is 0 Å². The van der Waals surface area contributed by atoms with E-state index in [1.807, 2.05) is 60.7 Å². The van der Waals surface area contributed by atoms with E-state index in [9.17, 15) is 8.42 Å². The van der Waals surface area contributed by atoms with Crippen molar-refractivity contribution in [2.75, 3.05) is 51.8 Å². The molecule has 2 rings (SSSR count). The van der Waals surface area contributed by atoms with Gasteiger partial charge in [0, 0.05) is 18.8 Å². The van der Waals surface area contributed by atoms with Gasteiger partial charge in [-0.25, -0.2) is 0 Å². The Morgan fingerprint density at radius 2 is 1.05 bits per heavy atom. The maximum absolute atomic E-state index is 12.0. The molecule has 0 spiro atoms. The predicted molar refractivity (Wildman–Crippen MR) is 154 cm³/mol. The lowest BCUT2D eigenvalue weighted by atomic mass is 10.2. The number of nitrogens with one attached hydrogen (secondary N) is 2. The van der Waals surface area contributed by atoms with E-state index in [0.29, 0.717) is 18.8 Å². The Labute approximate surface area is 227 Å². The van der Waals surface area contributed by atoms with Gasteiger partial charge in [-0.3, -0.25) is 4.18 Å². The molecular weight excluding hydrogens is 508 g/mol. The van der Waals surface area contributed by atoms with E-state index >= 15 is 0 Å². The molecule has 0 aliphatic heterocycles. The number of benzene rings is 2. The van der Waals surface area contributed by atoms with Crippen molar-refractivity contribution in [3.05, 3.63) is 60.7 Å². The second-order valence-electron chi connectivity index (χ2n) is 8.70. The predicted octanol–water partition coefficient (Wildman–Crippen LogP) is 5.44. The highest BCUT2D eigenvalue weighted by Crippen LogP contribution is 2.13. The van der Waals surface area contributed by atoms with Crippen LogP contribution in [-0.4, -0.2) is 60.2 Å². The van der Waals surface area contributed by atoms with Gasteiger partial charge in [-0.15, -0.1) is 0 Å². The Morgan fingerprint density at radius 1 is 0.568 bits per heavy atom. The van der Waals surface area contributed by atoms with Crippen LogP contribution in [0.5, 0.6) is 11.5 Å². The second-order valence-corrected chi connectivity index (χ2v) is 12.3. The monoisotopic (exact) mass is 552 g/mol. The van der Waals surface area contributed by atoms with Crippen molar-refractivity contribution < 1.29 is 22.1 Å². The van der Waals surface area contributed by atoms with Crippen molar-refractivity contribution in [2.45, 2.75) is 51.4 Å². The lowest BCUT2D eigenvalue weighted by Crippen LogP contribution is -2.22. The van der Waals surface area contributed by atoms with Gasteiger partial charge in [0.15, 0.2) is 0 Å². The van der Waals surface area contributed by atoms with Gasteiger partial charge in [0.05, 0.1) is 19.8 Å². The molecule has 9 heteroatoms. The molecular formula is C28H44N2O5S2. The van der Waals surface area contributed by atoms with E-state index in [4.69, 9.17) is 13.7 Å². The summed E-state index contributed by atoms with van der Waals surface area (Å²) in [6.07, 6.45) is 8.71. The first kappa shape index (κ1) is 31.4. The molecule has 0 aliphatic carbocycles. The molecule has 0 unspecified atom stereocenters. The standard InChI is InChI=1S/C28H44N2O5S2/c31-37(32,35-25-21-29-19-11-1-3-13-23-33-27-15-7-5-8-16-27)36-26-22-30-20-12-2-4-14-24-34-28-17-9-6-10-18-28/h5-10,15-18,29-30H,1-4,11-14,19-26H2. The zero-order valence-corrected chi connectivity index (χ0v) is 23.6. The molecule has 2 N–H and O–H groups in total. The normalized spacial score (nSPS) is 11.5. The highest BCUT2D eigenvalue weighted by Gasteiger charge is 2.11. The molecule has 208 valence electrons. The Morgan fingerprint density at radius 3 is 1.59 bits per heavy atom. The van der Waals surface area contributed by atoms with Gasteiger partial charge >= 0.3 is 9.15 Å². The van der Waals surface area contributed by atoms with Gasteiger partial charge in [-0.2, -0.15) is 8.42 Å². The highest BCUT2D eigenvalue weighted by atomic mass is 33.1. The Balaban J connectivity index is 1.28. The summed E-state index contributed by atoms with van der Waals surface area (Å²) in [4.78, 5) is 0. The van der Waals surface area contributed by atoms with Gasteiger partial charge in [0.2, 0.25) is 0 Å². The fraction of sp³-hybridized carbons (Fsp3) is 0.571. The van der Waals surface area contributed by atoms with Crippen LogP contribution < -0.4 is 20.1 Å². The SMILES string of the molecule is O=S(=O)(OCCNCCCCCCOc1ccccc1)SCCNCCCCCCOc1ccccc1. The van der Waals surface area contributed by atoms with Gasteiger partial charge < -0.3 is 20.1 Å². The van der Waals surface area contributed by atoms with Gasteiger partial charge in [0.25, 0.3) is 0 Å². The van der Waals surface area contributed by atoms with Crippen LogP contribution in [0.3, 0.4) is 0 Å². The largest absolute Gasteiger partial charge is 0.494 e. The molecule has 0 aromatic heterocycles. The average Bonchev–Trinajstić information content (AvgIpc) is 2.91. The van der Waals surface area contributed by atoms with Crippen molar-refractivity contribution in [3.8, 4) is 11.5 Å². The maximum atomic E-state index is 12.0. The van der Waals surface area contributed by atoms with Crippen LogP contribution in [0.2, 0.25) is 0 Å². The molecule has 0 heterocycles. The molecule has 2 aromatic rings. The first-order chi connectivity index (χ1) is 18.2. The quantitative estimate of drug-likeness (QED) is 0.132. The topological polar surface area (TPSA) is 85.9 Å². The Bertz CT molecular complexity index is 818. The number of para-hydroxylation sites is 2. The number of ether oxygens (including phenoxy) is 2. The molecule has 37 heavy (non-hydrogen) atoms. The van der Waals surface area contributed by atoms with Gasteiger partial charge in [-0.1, -0.05) is 62.1 Å². The summed E-state index contributed by atoms with van der Waals surface area (Å²) in [6, 6.07) is 19.7. The lowest BCUT2D eigenvalue weighted by Gasteiger charge is -2.08. The van der Waals surface area contributed by atoms with Crippen LogP contribution in [0.4, 0.5) is 0 Å². The minimum Gasteiger partial charge on any atom is -0.494 e.